The zero-order chi connectivity index (χ0) is 20.1. The molecule has 0 fully saturated rings. The second-order valence-corrected chi connectivity index (χ2v) is 5.89. The Morgan fingerprint density at radius 1 is 1.25 bits per heavy atom. The van der Waals surface area contributed by atoms with Gasteiger partial charge in [0, 0.05) is 17.7 Å². The van der Waals surface area contributed by atoms with Gasteiger partial charge in [-0.1, -0.05) is 6.07 Å². The first-order valence-electron chi connectivity index (χ1n) is 8.47. The van der Waals surface area contributed by atoms with E-state index in [2.05, 4.69) is 10.9 Å². The summed E-state index contributed by atoms with van der Waals surface area (Å²) in [6.07, 6.45) is 0.975. The standard InChI is InChI=1S/C19H19N3O6/c1-12(28-14-8-6-13(7-9-14)22(24)25)19(23)21-20-16-10-11-27-18-15(16)4-3-5-17(18)26-2/h3-10,12,20H,11H2,1-2H3,(H,21,23)/t12-/m1/s1. The van der Waals surface area contributed by atoms with E-state index in [1.54, 1.807) is 26.2 Å². The quantitative estimate of drug-likeness (QED) is 0.556. The number of non-ortho nitro benzene ring substituents is 1. The number of hydrazine groups is 1. The third-order valence-corrected chi connectivity index (χ3v) is 4.05. The lowest BCUT2D eigenvalue weighted by molar-refractivity contribution is -0.384. The van der Waals surface area contributed by atoms with Crippen LogP contribution in [0.4, 0.5) is 5.69 Å². The predicted octanol–water partition coefficient (Wildman–Crippen LogP) is 2.42. The van der Waals surface area contributed by atoms with Crippen molar-refractivity contribution in [2.24, 2.45) is 0 Å². The Bertz CT molecular complexity index is 910. The lowest BCUT2D eigenvalue weighted by atomic mass is 10.1. The first-order chi connectivity index (χ1) is 13.5. The van der Waals surface area contributed by atoms with Gasteiger partial charge < -0.3 is 14.2 Å². The van der Waals surface area contributed by atoms with E-state index >= 15 is 0 Å². The van der Waals surface area contributed by atoms with E-state index in [1.165, 1.54) is 24.3 Å². The molecule has 0 aromatic heterocycles. The van der Waals surface area contributed by atoms with Crippen LogP contribution in [0.2, 0.25) is 0 Å². The van der Waals surface area contributed by atoms with E-state index in [1.807, 2.05) is 12.1 Å². The summed E-state index contributed by atoms with van der Waals surface area (Å²) in [5.74, 6) is 1.15. The van der Waals surface area contributed by atoms with E-state index in [9.17, 15) is 14.9 Å². The number of para-hydroxylation sites is 1. The van der Waals surface area contributed by atoms with Crippen molar-refractivity contribution in [1.82, 2.24) is 10.9 Å². The molecule has 3 rings (SSSR count). The number of nitro benzene ring substituents is 1. The Morgan fingerprint density at radius 2 is 2.00 bits per heavy atom. The van der Waals surface area contributed by atoms with E-state index < -0.39 is 16.9 Å². The molecule has 9 nitrogen and oxygen atoms in total. The Hall–Kier alpha value is -3.75. The van der Waals surface area contributed by atoms with Crippen LogP contribution in [0.1, 0.15) is 12.5 Å². The Labute approximate surface area is 161 Å². The molecule has 0 saturated carbocycles. The minimum atomic E-state index is -0.820. The fourth-order valence-corrected chi connectivity index (χ4v) is 2.61. The van der Waals surface area contributed by atoms with Crippen molar-refractivity contribution in [3.63, 3.8) is 0 Å². The zero-order valence-corrected chi connectivity index (χ0v) is 15.3. The second kappa shape index (κ2) is 8.30. The summed E-state index contributed by atoms with van der Waals surface area (Å²) in [7, 11) is 1.56. The number of hydrogen-bond acceptors (Lipinski definition) is 7. The normalized spacial score (nSPS) is 13.3. The van der Waals surface area contributed by atoms with Crippen molar-refractivity contribution in [3.8, 4) is 17.2 Å². The third-order valence-electron chi connectivity index (χ3n) is 4.05. The smallest absolute Gasteiger partial charge is 0.279 e. The van der Waals surface area contributed by atoms with Crippen molar-refractivity contribution in [3.05, 3.63) is 64.2 Å². The molecule has 1 atom stereocenters. The average molecular weight is 385 g/mol. The summed E-state index contributed by atoms with van der Waals surface area (Å²) in [5, 5.41) is 10.7. The van der Waals surface area contributed by atoms with Gasteiger partial charge in [-0.2, -0.15) is 0 Å². The molecular weight excluding hydrogens is 366 g/mol. The molecule has 0 spiro atoms. The number of fused-ring (bicyclic) bond motifs is 1. The largest absolute Gasteiger partial charge is 0.493 e. The number of carbonyl (C=O) groups excluding carboxylic acids is 1. The van der Waals surface area contributed by atoms with Crippen LogP contribution < -0.4 is 25.1 Å². The summed E-state index contributed by atoms with van der Waals surface area (Å²) in [6, 6.07) is 11.0. The number of benzene rings is 2. The molecule has 1 aliphatic rings. The average Bonchev–Trinajstić information content (AvgIpc) is 2.71. The number of nitrogens with zero attached hydrogens (tertiary/aromatic N) is 1. The van der Waals surface area contributed by atoms with Gasteiger partial charge in [-0.05, 0) is 37.3 Å². The molecule has 1 heterocycles. The van der Waals surface area contributed by atoms with Crippen LogP contribution in [0, 0.1) is 10.1 Å². The molecule has 2 aromatic carbocycles. The maximum Gasteiger partial charge on any atom is 0.279 e. The van der Waals surface area contributed by atoms with Crippen LogP contribution in [0.25, 0.3) is 5.70 Å². The minimum absolute atomic E-state index is 0.0494. The van der Waals surface area contributed by atoms with Crippen LogP contribution in [-0.2, 0) is 4.79 Å². The molecule has 146 valence electrons. The summed E-state index contributed by atoms with van der Waals surface area (Å²) in [5.41, 5.74) is 6.86. The fourth-order valence-electron chi connectivity index (χ4n) is 2.61. The van der Waals surface area contributed by atoms with Gasteiger partial charge in [-0.3, -0.25) is 25.8 Å². The van der Waals surface area contributed by atoms with Gasteiger partial charge in [0.1, 0.15) is 12.4 Å². The fraction of sp³-hybridized carbons (Fsp3) is 0.211. The molecule has 0 unspecified atom stereocenters. The molecule has 0 bridgehead atoms. The number of nitro groups is 1. The topological polar surface area (TPSA) is 112 Å². The highest BCUT2D eigenvalue weighted by Crippen LogP contribution is 2.36. The van der Waals surface area contributed by atoms with Crippen LogP contribution in [0.3, 0.4) is 0 Å². The highest BCUT2D eigenvalue weighted by atomic mass is 16.6. The Kier molecular flexibility index (Phi) is 5.64. The number of nitrogens with one attached hydrogen (secondary N) is 2. The summed E-state index contributed by atoms with van der Waals surface area (Å²) in [4.78, 5) is 22.5. The maximum atomic E-state index is 12.3. The van der Waals surface area contributed by atoms with Crippen LogP contribution in [0.5, 0.6) is 17.2 Å². The van der Waals surface area contributed by atoms with Crippen molar-refractivity contribution in [2.75, 3.05) is 13.7 Å². The zero-order valence-electron chi connectivity index (χ0n) is 15.3. The van der Waals surface area contributed by atoms with Gasteiger partial charge in [0.2, 0.25) is 0 Å². The Morgan fingerprint density at radius 3 is 2.68 bits per heavy atom. The van der Waals surface area contributed by atoms with Crippen molar-refractivity contribution in [2.45, 2.75) is 13.0 Å². The van der Waals surface area contributed by atoms with E-state index in [-0.39, 0.29) is 5.69 Å². The third kappa shape index (κ3) is 4.14. The molecule has 28 heavy (non-hydrogen) atoms. The number of methoxy groups -OCH3 is 1. The first-order valence-corrected chi connectivity index (χ1v) is 8.47. The molecule has 0 aliphatic carbocycles. The predicted molar refractivity (Wildman–Crippen MR) is 101 cm³/mol. The molecule has 9 heteroatoms. The van der Waals surface area contributed by atoms with Crippen molar-refractivity contribution < 1.29 is 23.9 Å². The monoisotopic (exact) mass is 385 g/mol. The van der Waals surface area contributed by atoms with Gasteiger partial charge >= 0.3 is 0 Å². The number of carbonyl (C=O) groups is 1. The maximum absolute atomic E-state index is 12.3. The Balaban J connectivity index is 1.60. The molecule has 2 aromatic rings. The van der Waals surface area contributed by atoms with E-state index in [0.717, 1.165) is 5.56 Å². The SMILES string of the molecule is COc1cccc2c1OCC=C2NNC(=O)[C@@H](C)Oc1ccc([N+](=O)[O-])cc1. The van der Waals surface area contributed by atoms with Crippen LogP contribution >= 0.6 is 0 Å². The van der Waals surface area contributed by atoms with Gasteiger partial charge in [0.15, 0.2) is 17.6 Å². The van der Waals surface area contributed by atoms with Gasteiger partial charge in [-0.25, -0.2) is 0 Å². The first kappa shape index (κ1) is 19.0. The van der Waals surface area contributed by atoms with Gasteiger partial charge in [-0.15, -0.1) is 0 Å². The summed E-state index contributed by atoms with van der Waals surface area (Å²) < 4.78 is 16.4. The molecular formula is C19H19N3O6. The number of hydrogen-bond donors (Lipinski definition) is 2. The van der Waals surface area contributed by atoms with Gasteiger partial charge in [0.25, 0.3) is 11.6 Å². The van der Waals surface area contributed by atoms with E-state index in [4.69, 9.17) is 14.2 Å². The van der Waals surface area contributed by atoms with Crippen molar-refractivity contribution in [1.29, 1.82) is 0 Å². The van der Waals surface area contributed by atoms with Crippen LogP contribution in [0.15, 0.2) is 48.5 Å². The minimum Gasteiger partial charge on any atom is -0.493 e. The molecule has 0 radical (unpaired) electrons. The molecule has 0 saturated heterocycles. The van der Waals surface area contributed by atoms with Gasteiger partial charge in [0.05, 0.1) is 17.7 Å². The number of ether oxygens (including phenoxy) is 3. The lowest BCUT2D eigenvalue weighted by Gasteiger charge is -2.22. The van der Waals surface area contributed by atoms with Crippen LogP contribution in [-0.4, -0.2) is 30.7 Å². The second-order valence-electron chi connectivity index (χ2n) is 5.89. The molecule has 1 aliphatic heterocycles. The van der Waals surface area contributed by atoms with E-state index in [0.29, 0.717) is 29.6 Å². The molecule has 2 N–H and O–H groups in total. The highest BCUT2D eigenvalue weighted by Gasteiger charge is 2.20. The summed E-state index contributed by atoms with van der Waals surface area (Å²) >= 11 is 0. The lowest BCUT2D eigenvalue weighted by Crippen LogP contribution is -2.44. The highest BCUT2D eigenvalue weighted by molar-refractivity contribution is 5.82. The summed E-state index contributed by atoms with van der Waals surface area (Å²) in [6.45, 7) is 1.91. The van der Waals surface area contributed by atoms with Crippen molar-refractivity contribution >= 4 is 17.3 Å². The number of rotatable bonds is 7. The number of amides is 1. The molecule has 1 amide bonds.